The lowest BCUT2D eigenvalue weighted by Gasteiger charge is -2.47. The van der Waals surface area contributed by atoms with E-state index in [1.54, 1.807) is 0 Å². The van der Waals surface area contributed by atoms with E-state index in [-0.39, 0.29) is 5.60 Å². The number of aromatic nitrogens is 1. The van der Waals surface area contributed by atoms with Gasteiger partial charge in [0.2, 0.25) is 0 Å². The number of methoxy groups -OCH3 is 1. The molecule has 0 aliphatic heterocycles. The van der Waals surface area contributed by atoms with E-state index in [0.29, 0.717) is 6.04 Å². The maximum absolute atomic E-state index is 5.78. The van der Waals surface area contributed by atoms with Crippen molar-refractivity contribution >= 4 is 0 Å². The van der Waals surface area contributed by atoms with Crippen LogP contribution < -0.4 is 5.32 Å². The largest absolute Gasteiger partial charge is 0.377 e. The second-order valence-corrected chi connectivity index (χ2v) is 4.79. The molecule has 1 atom stereocenters. The minimum atomic E-state index is 0.0548. The van der Waals surface area contributed by atoms with Crippen LogP contribution in [0.15, 0.2) is 24.5 Å². The van der Waals surface area contributed by atoms with Crippen LogP contribution in [-0.4, -0.2) is 30.3 Å². The normalized spacial score (nSPS) is 19.6. The van der Waals surface area contributed by atoms with E-state index in [1.165, 1.54) is 24.8 Å². The highest BCUT2D eigenvalue weighted by Gasteiger charge is 2.43. The van der Waals surface area contributed by atoms with Gasteiger partial charge in [0.25, 0.3) is 0 Å². The fraction of sp³-hybridized carbons (Fsp3) is 0.643. The maximum Gasteiger partial charge on any atom is 0.0834 e. The third kappa shape index (κ3) is 2.67. The minimum Gasteiger partial charge on any atom is -0.377 e. The number of likely N-dealkylation sites (N-methyl/N-ethyl adjacent to an activating group) is 1. The molecule has 1 heterocycles. The van der Waals surface area contributed by atoms with Gasteiger partial charge < -0.3 is 10.1 Å². The summed E-state index contributed by atoms with van der Waals surface area (Å²) in [6, 6.07) is 4.59. The summed E-state index contributed by atoms with van der Waals surface area (Å²) >= 11 is 0. The molecule has 1 N–H and O–H groups in total. The highest BCUT2D eigenvalue weighted by molar-refractivity contribution is 5.14. The number of hydrogen-bond donors (Lipinski definition) is 1. The van der Waals surface area contributed by atoms with Crippen molar-refractivity contribution in [2.24, 2.45) is 0 Å². The molecule has 1 aliphatic rings. The van der Waals surface area contributed by atoms with Crippen LogP contribution in [0.25, 0.3) is 0 Å². The number of hydrogen-bond acceptors (Lipinski definition) is 3. The SMILES string of the molecule is CCNC(Cc1ccncc1)C1(OC)CCC1. The van der Waals surface area contributed by atoms with Crippen molar-refractivity contribution in [3.05, 3.63) is 30.1 Å². The predicted molar refractivity (Wildman–Crippen MR) is 69.0 cm³/mol. The van der Waals surface area contributed by atoms with Crippen molar-refractivity contribution in [2.45, 2.75) is 44.2 Å². The molecule has 94 valence electrons. The van der Waals surface area contributed by atoms with Crippen molar-refractivity contribution in [3.63, 3.8) is 0 Å². The maximum atomic E-state index is 5.78. The van der Waals surface area contributed by atoms with Crippen LogP contribution in [0.3, 0.4) is 0 Å². The zero-order valence-electron chi connectivity index (χ0n) is 10.8. The molecule has 1 aromatic heterocycles. The first kappa shape index (κ1) is 12.5. The fourth-order valence-corrected chi connectivity index (χ4v) is 2.67. The van der Waals surface area contributed by atoms with Gasteiger partial charge in [0.15, 0.2) is 0 Å². The molecular formula is C14H22N2O. The first-order valence-electron chi connectivity index (χ1n) is 6.48. The van der Waals surface area contributed by atoms with Gasteiger partial charge in [-0.1, -0.05) is 6.92 Å². The molecule has 0 radical (unpaired) electrons. The Morgan fingerprint density at radius 1 is 1.41 bits per heavy atom. The molecule has 0 bridgehead atoms. The van der Waals surface area contributed by atoms with Gasteiger partial charge in [0.1, 0.15) is 0 Å². The van der Waals surface area contributed by atoms with Crippen molar-refractivity contribution in [3.8, 4) is 0 Å². The molecule has 0 spiro atoms. The summed E-state index contributed by atoms with van der Waals surface area (Å²) in [6.45, 7) is 3.14. The summed E-state index contributed by atoms with van der Waals surface area (Å²) in [6.07, 6.45) is 8.37. The number of rotatable bonds is 6. The molecule has 0 amide bonds. The Labute approximate surface area is 104 Å². The Morgan fingerprint density at radius 2 is 2.12 bits per heavy atom. The van der Waals surface area contributed by atoms with Gasteiger partial charge in [-0.05, 0) is 49.9 Å². The Balaban J connectivity index is 2.07. The molecule has 1 fully saturated rings. The molecule has 2 rings (SSSR count). The molecule has 3 nitrogen and oxygen atoms in total. The van der Waals surface area contributed by atoms with Crippen molar-refractivity contribution in [2.75, 3.05) is 13.7 Å². The molecule has 0 saturated heterocycles. The molecule has 1 aliphatic carbocycles. The van der Waals surface area contributed by atoms with Gasteiger partial charge in [0, 0.05) is 25.5 Å². The van der Waals surface area contributed by atoms with Crippen LogP contribution in [0.1, 0.15) is 31.7 Å². The lowest BCUT2D eigenvalue weighted by atomic mass is 9.72. The van der Waals surface area contributed by atoms with Gasteiger partial charge in [-0.3, -0.25) is 4.98 Å². The van der Waals surface area contributed by atoms with E-state index in [2.05, 4.69) is 29.4 Å². The lowest BCUT2D eigenvalue weighted by Crippen LogP contribution is -2.57. The van der Waals surface area contributed by atoms with Crippen LogP contribution >= 0.6 is 0 Å². The van der Waals surface area contributed by atoms with Crippen LogP contribution in [0.5, 0.6) is 0 Å². The van der Waals surface area contributed by atoms with E-state index < -0.39 is 0 Å². The van der Waals surface area contributed by atoms with Crippen LogP contribution in [0.2, 0.25) is 0 Å². The van der Waals surface area contributed by atoms with Crippen molar-refractivity contribution < 1.29 is 4.74 Å². The van der Waals surface area contributed by atoms with Gasteiger partial charge in [-0.25, -0.2) is 0 Å². The van der Waals surface area contributed by atoms with Gasteiger partial charge in [-0.15, -0.1) is 0 Å². The number of nitrogens with zero attached hydrogens (tertiary/aromatic N) is 1. The minimum absolute atomic E-state index is 0.0548. The summed E-state index contributed by atoms with van der Waals surface area (Å²) in [5.74, 6) is 0. The van der Waals surface area contributed by atoms with Crippen molar-refractivity contribution in [1.29, 1.82) is 0 Å². The summed E-state index contributed by atoms with van der Waals surface area (Å²) < 4.78 is 5.78. The molecular weight excluding hydrogens is 212 g/mol. The Kier molecular flexibility index (Phi) is 4.13. The first-order valence-corrected chi connectivity index (χ1v) is 6.48. The summed E-state index contributed by atoms with van der Waals surface area (Å²) in [4.78, 5) is 4.06. The lowest BCUT2D eigenvalue weighted by molar-refractivity contribution is -0.0978. The Hall–Kier alpha value is -0.930. The standard InChI is InChI=1S/C14H22N2O/c1-3-16-13(14(17-2)7-4-8-14)11-12-5-9-15-10-6-12/h5-6,9-10,13,16H,3-4,7-8,11H2,1-2H3. The fourth-order valence-electron chi connectivity index (χ4n) is 2.67. The van der Waals surface area contributed by atoms with E-state index in [1.807, 2.05) is 19.5 Å². The van der Waals surface area contributed by atoms with Crippen LogP contribution in [0.4, 0.5) is 0 Å². The zero-order chi connectivity index (χ0) is 12.1. The molecule has 1 saturated carbocycles. The highest BCUT2D eigenvalue weighted by atomic mass is 16.5. The number of pyridine rings is 1. The predicted octanol–water partition coefficient (Wildman–Crippen LogP) is 2.17. The third-order valence-corrected chi connectivity index (χ3v) is 3.88. The average molecular weight is 234 g/mol. The smallest absolute Gasteiger partial charge is 0.0834 e. The van der Waals surface area contributed by atoms with E-state index >= 15 is 0 Å². The van der Waals surface area contributed by atoms with Crippen LogP contribution in [-0.2, 0) is 11.2 Å². The zero-order valence-corrected chi connectivity index (χ0v) is 10.8. The summed E-state index contributed by atoms with van der Waals surface area (Å²) in [5, 5.41) is 3.58. The van der Waals surface area contributed by atoms with Gasteiger partial charge in [-0.2, -0.15) is 0 Å². The second kappa shape index (κ2) is 5.61. The van der Waals surface area contributed by atoms with Gasteiger partial charge >= 0.3 is 0 Å². The molecule has 3 heteroatoms. The summed E-state index contributed by atoms with van der Waals surface area (Å²) in [7, 11) is 1.84. The Morgan fingerprint density at radius 3 is 2.59 bits per heavy atom. The topological polar surface area (TPSA) is 34.2 Å². The number of ether oxygens (including phenoxy) is 1. The average Bonchev–Trinajstić information content (AvgIpc) is 2.30. The quantitative estimate of drug-likeness (QED) is 0.819. The molecule has 0 aromatic carbocycles. The first-order chi connectivity index (χ1) is 8.30. The number of nitrogens with one attached hydrogen (secondary N) is 1. The van der Waals surface area contributed by atoms with E-state index in [9.17, 15) is 0 Å². The molecule has 17 heavy (non-hydrogen) atoms. The third-order valence-electron chi connectivity index (χ3n) is 3.88. The van der Waals surface area contributed by atoms with E-state index in [4.69, 9.17) is 4.74 Å². The monoisotopic (exact) mass is 234 g/mol. The van der Waals surface area contributed by atoms with Gasteiger partial charge in [0.05, 0.1) is 5.60 Å². The molecule has 1 aromatic rings. The van der Waals surface area contributed by atoms with Crippen LogP contribution in [0, 0.1) is 0 Å². The Bertz CT molecular complexity index is 330. The van der Waals surface area contributed by atoms with E-state index in [0.717, 1.165) is 13.0 Å². The summed E-state index contributed by atoms with van der Waals surface area (Å²) in [5.41, 5.74) is 1.38. The highest BCUT2D eigenvalue weighted by Crippen LogP contribution is 2.39. The van der Waals surface area contributed by atoms with Crippen molar-refractivity contribution in [1.82, 2.24) is 10.3 Å². The molecule has 1 unspecified atom stereocenters. The second-order valence-electron chi connectivity index (χ2n) is 4.79.